The molecule has 1 aromatic carbocycles. The lowest BCUT2D eigenvalue weighted by Gasteiger charge is -2.18. The van der Waals surface area contributed by atoms with E-state index in [1.165, 1.54) is 10.9 Å². The van der Waals surface area contributed by atoms with Crippen LogP contribution in [0, 0.1) is 5.41 Å². The number of pyridine rings is 1. The van der Waals surface area contributed by atoms with Gasteiger partial charge in [0.15, 0.2) is 0 Å². The molecule has 1 saturated heterocycles. The number of nitrogens with one attached hydrogen (secondary N) is 1. The lowest BCUT2D eigenvalue weighted by atomic mass is 10.1. The van der Waals surface area contributed by atoms with E-state index in [-0.39, 0.29) is 0 Å². The summed E-state index contributed by atoms with van der Waals surface area (Å²) in [5.41, 5.74) is 2.28. The number of para-hydroxylation sites is 1. The lowest BCUT2D eigenvalue weighted by Crippen LogP contribution is -2.23. The Morgan fingerprint density at radius 3 is 2.94 bits per heavy atom. The van der Waals surface area contributed by atoms with Gasteiger partial charge in [-0.2, -0.15) is 0 Å². The molecule has 0 radical (unpaired) electrons. The molecule has 1 N–H and O–H groups in total. The van der Waals surface area contributed by atoms with Gasteiger partial charge in [0, 0.05) is 31.1 Å². The Morgan fingerprint density at radius 1 is 1.24 bits per heavy atom. The zero-order valence-electron chi connectivity index (χ0n) is 9.69. The summed E-state index contributed by atoms with van der Waals surface area (Å²) in [6.45, 7) is 1.81. The van der Waals surface area contributed by atoms with Crippen LogP contribution in [0.5, 0.6) is 0 Å². The van der Waals surface area contributed by atoms with Gasteiger partial charge < -0.3 is 4.90 Å². The number of likely N-dealkylation sites (tertiary alicyclic amines) is 1. The molecule has 1 aliphatic heterocycles. The average molecular weight is 225 g/mol. The molecule has 17 heavy (non-hydrogen) atoms. The summed E-state index contributed by atoms with van der Waals surface area (Å²) >= 11 is 0. The molecule has 0 atom stereocenters. The van der Waals surface area contributed by atoms with Crippen molar-refractivity contribution in [2.45, 2.75) is 19.4 Å². The Morgan fingerprint density at radius 2 is 2.12 bits per heavy atom. The fourth-order valence-corrected chi connectivity index (χ4v) is 2.41. The van der Waals surface area contributed by atoms with Gasteiger partial charge in [0.25, 0.3) is 0 Å². The molecule has 3 nitrogen and oxygen atoms in total. The molecule has 1 aromatic heterocycles. The minimum absolute atomic E-state index is 0.762. The van der Waals surface area contributed by atoms with E-state index in [4.69, 9.17) is 5.41 Å². The Labute approximate surface area is 101 Å². The quantitative estimate of drug-likeness (QED) is 0.853. The Kier molecular flexibility index (Phi) is 2.52. The fraction of sp³-hybridized carbons (Fsp3) is 0.286. The van der Waals surface area contributed by atoms with Crippen LogP contribution in [-0.2, 0) is 6.54 Å². The summed E-state index contributed by atoms with van der Waals surface area (Å²) in [5, 5.41) is 9.05. The molecule has 2 aromatic rings. The molecule has 3 heteroatoms. The monoisotopic (exact) mass is 225 g/mol. The summed E-state index contributed by atoms with van der Waals surface area (Å²) in [6.07, 6.45) is 3.86. The van der Waals surface area contributed by atoms with Crippen molar-refractivity contribution in [3.05, 3.63) is 42.1 Å². The fourth-order valence-electron chi connectivity index (χ4n) is 2.41. The van der Waals surface area contributed by atoms with Gasteiger partial charge in [-0.3, -0.25) is 10.4 Å². The molecule has 86 valence electrons. The van der Waals surface area contributed by atoms with Crippen molar-refractivity contribution in [1.82, 2.24) is 9.88 Å². The maximum absolute atomic E-state index is 7.87. The van der Waals surface area contributed by atoms with E-state index >= 15 is 0 Å². The standard InChI is InChI=1S/C14H15N3/c15-13-7-3-9-17(13)10-12-5-1-4-11-6-2-8-16-14(11)12/h1-2,4-6,8,15H,3,7,9-10H2. The molecule has 2 heterocycles. The van der Waals surface area contributed by atoms with Crippen LogP contribution in [0.15, 0.2) is 36.5 Å². The smallest absolute Gasteiger partial charge is 0.0961 e. The Bertz CT molecular complexity index is 557. The number of nitrogens with zero attached hydrogens (tertiary/aromatic N) is 2. The number of aromatic nitrogens is 1. The van der Waals surface area contributed by atoms with E-state index in [1.807, 2.05) is 12.3 Å². The number of amidine groups is 1. The predicted octanol–water partition coefficient (Wildman–Crippen LogP) is 2.81. The van der Waals surface area contributed by atoms with E-state index in [9.17, 15) is 0 Å². The van der Waals surface area contributed by atoms with Crippen LogP contribution in [-0.4, -0.2) is 22.3 Å². The molecule has 1 aliphatic rings. The van der Waals surface area contributed by atoms with E-state index in [0.29, 0.717) is 0 Å². The van der Waals surface area contributed by atoms with Gasteiger partial charge in [-0.15, -0.1) is 0 Å². The average Bonchev–Trinajstić information content (AvgIpc) is 2.76. The van der Waals surface area contributed by atoms with Crippen molar-refractivity contribution in [1.29, 1.82) is 5.41 Å². The second kappa shape index (κ2) is 4.17. The third-order valence-corrected chi connectivity index (χ3v) is 3.30. The van der Waals surface area contributed by atoms with Crippen molar-refractivity contribution in [3.63, 3.8) is 0 Å². The first-order valence-electron chi connectivity index (χ1n) is 5.99. The second-order valence-corrected chi connectivity index (χ2v) is 4.46. The number of hydrogen-bond donors (Lipinski definition) is 1. The molecule has 0 saturated carbocycles. The van der Waals surface area contributed by atoms with E-state index in [0.717, 1.165) is 37.3 Å². The van der Waals surface area contributed by atoms with E-state index in [1.54, 1.807) is 0 Å². The van der Waals surface area contributed by atoms with Gasteiger partial charge in [0.2, 0.25) is 0 Å². The Hall–Kier alpha value is -1.90. The molecule has 1 fully saturated rings. The maximum Gasteiger partial charge on any atom is 0.0961 e. The predicted molar refractivity (Wildman–Crippen MR) is 69.1 cm³/mol. The summed E-state index contributed by atoms with van der Waals surface area (Å²) < 4.78 is 0. The zero-order valence-corrected chi connectivity index (χ0v) is 9.69. The molecular formula is C14H15N3. The topological polar surface area (TPSA) is 40.0 Å². The highest BCUT2D eigenvalue weighted by Crippen LogP contribution is 2.20. The molecule has 0 bridgehead atoms. The van der Waals surface area contributed by atoms with E-state index < -0.39 is 0 Å². The van der Waals surface area contributed by atoms with Gasteiger partial charge in [-0.1, -0.05) is 24.3 Å². The highest BCUT2D eigenvalue weighted by molar-refractivity contribution is 5.84. The van der Waals surface area contributed by atoms with Gasteiger partial charge in [-0.05, 0) is 18.1 Å². The van der Waals surface area contributed by atoms with Crippen molar-refractivity contribution in [2.24, 2.45) is 0 Å². The largest absolute Gasteiger partial charge is 0.356 e. The Balaban J connectivity index is 1.97. The van der Waals surface area contributed by atoms with Crippen molar-refractivity contribution >= 4 is 16.7 Å². The molecule has 0 unspecified atom stereocenters. The van der Waals surface area contributed by atoms with Crippen LogP contribution in [0.4, 0.5) is 0 Å². The van der Waals surface area contributed by atoms with Crippen LogP contribution in [0.1, 0.15) is 18.4 Å². The highest BCUT2D eigenvalue weighted by Gasteiger charge is 2.17. The van der Waals surface area contributed by atoms with Gasteiger partial charge in [-0.25, -0.2) is 0 Å². The molecular weight excluding hydrogens is 210 g/mol. The second-order valence-electron chi connectivity index (χ2n) is 4.46. The molecule has 3 rings (SSSR count). The van der Waals surface area contributed by atoms with Crippen LogP contribution in [0.2, 0.25) is 0 Å². The third kappa shape index (κ3) is 1.88. The first kappa shape index (κ1) is 10.3. The van der Waals surface area contributed by atoms with Crippen LogP contribution >= 0.6 is 0 Å². The summed E-state index contributed by atoms with van der Waals surface area (Å²) in [7, 11) is 0. The summed E-state index contributed by atoms with van der Waals surface area (Å²) in [6, 6.07) is 10.3. The highest BCUT2D eigenvalue weighted by atomic mass is 15.2. The number of hydrogen-bond acceptors (Lipinski definition) is 2. The minimum Gasteiger partial charge on any atom is -0.356 e. The van der Waals surface area contributed by atoms with Crippen molar-refractivity contribution < 1.29 is 0 Å². The molecule has 0 amide bonds. The minimum atomic E-state index is 0.762. The lowest BCUT2D eigenvalue weighted by molar-refractivity contribution is 0.447. The summed E-state index contributed by atoms with van der Waals surface area (Å²) in [4.78, 5) is 6.59. The van der Waals surface area contributed by atoms with Crippen molar-refractivity contribution in [3.8, 4) is 0 Å². The van der Waals surface area contributed by atoms with Crippen molar-refractivity contribution in [2.75, 3.05) is 6.54 Å². The van der Waals surface area contributed by atoms with Crippen LogP contribution in [0.25, 0.3) is 10.9 Å². The van der Waals surface area contributed by atoms with Crippen LogP contribution < -0.4 is 0 Å². The SMILES string of the molecule is N=C1CCCN1Cc1cccc2cccnc12. The normalized spacial score (nSPS) is 15.8. The van der Waals surface area contributed by atoms with Gasteiger partial charge >= 0.3 is 0 Å². The van der Waals surface area contributed by atoms with Crippen LogP contribution in [0.3, 0.4) is 0 Å². The molecule has 0 spiro atoms. The molecule has 0 aliphatic carbocycles. The zero-order chi connectivity index (χ0) is 11.7. The third-order valence-electron chi connectivity index (χ3n) is 3.30. The van der Waals surface area contributed by atoms with Gasteiger partial charge in [0.1, 0.15) is 0 Å². The maximum atomic E-state index is 7.87. The summed E-state index contributed by atoms with van der Waals surface area (Å²) in [5.74, 6) is 0.762. The number of benzene rings is 1. The first-order valence-corrected chi connectivity index (χ1v) is 5.99. The number of fused-ring (bicyclic) bond motifs is 1. The first-order chi connectivity index (χ1) is 8.34. The number of rotatable bonds is 2. The van der Waals surface area contributed by atoms with E-state index in [2.05, 4.69) is 34.1 Å². The van der Waals surface area contributed by atoms with Gasteiger partial charge in [0.05, 0.1) is 11.4 Å².